The fraction of sp³-hybridized carbons (Fsp3) is 0.467. The molecule has 330 valence electrons. The predicted octanol–water partition coefficient (Wildman–Crippen LogP) is 5.84. The monoisotopic (exact) mass is 864 g/mol. The summed E-state index contributed by atoms with van der Waals surface area (Å²) in [4.78, 5) is 69.5. The van der Waals surface area contributed by atoms with Gasteiger partial charge in [0.25, 0.3) is 11.8 Å². The van der Waals surface area contributed by atoms with Gasteiger partial charge in [-0.2, -0.15) is 0 Å². The highest BCUT2D eigenvalue weighted by Crippen LogP contribution is 2.29. The molecule has 3 fully saturated rings. The number of fused-ring (bicyclic) bond motifs is 1. The molecule has 2 saturated heterocycles. The topological polar surface area (TPSA) is 189 Å². The predicted molar refractivity (Wildman–Crippen MR) is 232 cm³/mol. The Morgan fingerprint density at radius 2 is 1.54 bits per heavy atom. The number of alkyl halides is 2. The Labute approximate surface area is 358 Å². The van der Waals surface area contributed by atoms with Crippen molar-refractivity contribution in [2.75, 3.05) is 19.6 Å². The van der Waals surface area contributed by atoms with Crippen LogP contribution in [0.4, 0.5) is 8.78 Å². The summed E-state index contributed by atoms with van der Waals surface area (Å²) in [6, 6.07) is 16.9. The first kappa shape index (κ1) is 49.7. The van der Waals surface area contributed by atoms with Gasteiger partial charge in [-0.05, 0) is 50.2 Å². The number of primary amides is 1. The number of carbonyl (C=O) groups is 5. The van der Waals surface area contributed by atoms with E-state index in [0.29, 0.717) is 31.2 Å². The number of nitrogens with two attached hydrogens (primary N) is 1. The largest absolute Gasteiger partial charge is 0.366 e. The molecule has 61 heavy (non-hydrogen) atoms. The van der Waals surface area contributed by atoms with Gasteiger partial charge in [-0.15, -0.1) is 19.4 Å². The first-order valence-electron chi connectivity index (χ1n) is 20.3. The number of terminal acetylenes is 1. The van der Waals surface area contributed by atoms with Gasteiger partial charge in [0, 0.05) is 49.2 Å². The third-order valence-corrected chi connectivity index (χ3v) is 11.7. The van der Waals surface area contributed by atoms with E-state index in [1.807, 2.05) is 59.3 Å². The Hall–Kier alpha value is -5.69. The fourth-order valence-electron chi connectivity index (χ4n) is 6.65. The van der Waals surface area contributed by atoms with Gasteiger partial charge in [-0.25, -0.2) is 22.2 Å². The number of rotatable bonds is 12. The van der Waals surface area contributed by atoms with E-state index < -0.39 is 75.3 Å². The molecule has 0 bridgehead atoms. The summed E-state index contributed by atoms with van der Waals surface area (Å²) in [5.74, 6) is -5.59. The van der Waals surface area contributed by atoms with Crippen LogP contribution in [0.5, 0.6) is 0 Å². The highest BCUT2D eigenvalue weighted by atomic mass is 32.2. The van der Waals surface area contributed by atoms with Crippen molar-refractivity contribution < 1.29 is 41.2 Å². The molecule has 1 aromatic heterocycles. The molecule has 2 aromatic carbocycles. The molecule has 1 saturated carbocycles. The van der Waals surface area contributed by atoms with E-state index >= 15 is 0 Å². The molecule has 4 N–H and O–H groups in total. The van der Waals surface area contributed by atoms with Gasteiger partial charge in [0.2, 0.25) is 33.7 Å². The second-order valence-electron chi connectivity index (χ2n) is 15.8. The molecule has 1 aliphatic carbocycles. The average molecular weight is 865 g/mol. The summed E-state index contributed by atoms with van der Waals surface area (Å²) in [7, 11) is -3.82. The zero-order chi connectivity index (χ0) is 45.5. The molecule has 16 heteroatoms. The molecule has 0 radical (unpaired) electrons. The average Bonchev–Trinajstić information content (AvgIpc) is 3.99. The van der Waals surface area contributed by atoms with Crippen LogP contribution in [0.1, 0.15) is 89.4 Å². The smallest absolute Gasteiger partial charge is 0.265 e. The number of amides is 5. The Balaban J connectivity index is 0.000000329. The number of hydrogen-bond acceptors (Lipinski definition) is 8. The molecule has 0 spiro atoms. The number of pyridine rings is 1. The van der Waals surface area contributed by atoms with Crippen molar-refractivity contribution in [1.82, 2.24) is 24.8 Å². The Morgan fingerprint density at radius 3 is 2.13 bits per heavy atom. The molecule has 2 aliphatic heterocycles. The molecular weight excluding hydrogens is 807 g/mol. The SMILES string of the molecule is C#C.C=CC(C)C(NC(=O)[C@@H]1CCCN1C(=O)CCC(=O)N1CCCC(F)(F)C1)C(=O)NS(=O)(=O)C1CC1.CC(C)C.NC(=O)c1cc(-c2ccccc2)nc2ccccc12. The highest BCUT2D eigenvalue weighted by Gasteiger charge is 2.41. The van der Waals surface area contributed by atoms with Crippen molar-refractivity contribution in [2.24, 2.45) is 17.6 Å². The molecule has 3 heterocycles. The van der Waals surface area contributed by atoms with Gasteiger partial charge in [0.05, 0.1) is 28.6 Å². The lowest BCUT2D eigenvalue weighted by molar-refractivity contribution is -0.145. The van der Waals surface area contributed by atoms with Gasteiger partial charge >= 0.3 is 0 Å². The number of likely N-dealkylation sites (tertiary alicyclic amines) is 2. The number of nitrogens with zero attached hydrogens (tertiary/aromatic N) is 3. The van der Waals surface area contributed by atoms with Gasteiger partial charge in [-0.1, -0.05) is 82.3 Å². The van der Waals surface area contributed by atoms with E-state index in [4.69, 9.17) is 5.73 Å². The van der Waals surface area contributed by atoms with E-state index in [0.717, 1.165) is 33.0 Å². The summed E-state index contributed by atoms with van der Waals surface area (Å²) in [5, 5.41) is 2.74. The lowest BCUT2D eigenvalue weighted by Crippen LogP contribution is -2.56. The molecule has 13 nitrogen and oxygen atoms in total. The molecule has 5 amide bonds. The zero-order valence-electron chi connectivity index (χ0n) is 35.3. The van der Waals surface area contributed by atoms with Crippen LogP contribution in [-0.4, -0.2) is 95.6 Å². The lowest BCUT2D eigenvalue weighted by Gasteiger charge is -2.32. The standard InChI is InChI=1S/C23H34F2N4O6S.C16H12N2O.C4H10.C2H2/c1-3-15(2)20(22(33)27-36(34,35)16-7-8-16)26-21(32)17-6-4-13-29(17)19(31)10-9-18(30)28-12-5-11-23(24,25)14-28;17-16(19)13-10-15(11-6-2-1-3-7-11)18-14-9-5-4-8-12(13)14;1-4(2)3;1-2/h3,15-17,20H,1,4-14H2,2H3,(H,26,32)(H,27,33);1-10H,(H2,17,19);4H,1-3H3;1-2H/t15?,17-,20?;;;/m0.../s1. The van der Waals surface area contributed by atoms with Crippen LogP contribution in [0.15, 0.2) is 73.3 Å². The first-order valence-corrected chi connectivity index (χ1v) is 21.9. The summed E-state index contributed by atoms with van der Waals surface area (Å²) in [6.07, 6.45) is 10.7. The Morgan fingerprint density at radius 1 is 0.934 bits per heavy atom. The quantitative estimate of drug-likeness (QED) is 0.150. The van der Waals surface area contributed by atoms with Gasteiger partial charge in [0.1, 0.15) is 12.1 Å². The van der Waals surface area contributed by atoms with Crippen LogP contribution in [0, 0.1) is 24.7 Å². The lowest BCUT2D eigenvalue weighted by atomic mass is 10.0. The van der Waals surface area contributed by atoms with Gasteiger partial charge < -0.3 is 20.9 Å². The third kappa shape index (κ3) is 14.8. The molecule has 3 aliphatic rings. The van der Waals surface area contributed by atoms with Crippen LogP contribution < -0.4 is 15.8 Å². The second-order valence-corrected chi connectivity index (χ2v) is 17.8. The maximum absolute atomic E-state index is 13.6. The van der Waals surface area contributed by atoms with Crippen molar-refractivity contribution in [3.63, 3.8) is 0 Å². The normalized spacial score (nSPS) is 17.8. The minimum absolute atomic E-state index is 0.195. The first-order chi connectivity index (χ1) is 28.8. The number of aromatic nitrogens is 1. The third-order valence-electron chi connectivity index (χ3n) is 9.91. The van der Waals surface area contributed by atoms with Crippen LogP contribution >= 0.6 is 0 Å². The number of sulfonamides is 1. The van der Waals surface area contributed by atoms with E-state index in [9.17, 15) is 41.2 Å². The molecule has 2 unspecified atom stereocenters. The van der Waals surface area contributed by atoms with E-state index in [1.54, 1.807) is 13.0 Å². The Kier molecular flexibility index (Phi) is 18.6. The number of hydrogen-bond donors (Lipinski definition) is 3. The fourth-order valence-corrected chi connectivity index (χ4v) is 7.99. The van der Waals surface area contributed by atoms with Crippen LogP contribution in [-0.2, 0) is 29.2 Å². The number of carbonyl (C=O) groups excluding carboxylic acids is 5. The molecular formula is C45H58F2N6O7S. The number of halogens is 2. The molecule has 3 atom stereocenters. The second kappa shape index (κ2) is 22.8. The van der Waals surface area contributed by atoms with Gasteiger partial charge in [-0.3, -0.25) is 28.7 Å². The zero-order valence-corrected chi connectivity index (χ0v) is 36.1. The maximum atomic E-state index is 13.6. The summed E-state index contributed by atoms with van der Waals surface area (Å²) < 4.78 is 53.6. The number of piperidine rings is 1. The van der Waals surface area contributed by atoms with Crippen molar-refractivity contribution in [3.8, 4) is 24.1 Å². The highest BCUT2D eigenvalue weighted by molar-refractivity contribution is 7.90. The summed E-state index contributed by atoms with van der Waals surface area (Å²) in [6.45, 7) is 11.6. The Bertz CT molecular complexity index is 2140. The van der Waals surface area contributed by atoms with Crippen molar-refractivity contribution in [3.05, 3.63) is 78.9 Å². The summed E-state index contributed by atoms with van der Waals surface area (Å²) >= 11 is 0. The van der Waals surface area contributed by atoms with Gasteiger partial charge in [0.15, 0.2) is 0 Å². The van der Waals surface area contributed by atoms with Crippen LogP contribution in [0.2, 0.25) is 0 Å². The van der Waals surface area contributed by atoms with Crippen LogP contribution in [0.3, 0.4) is 0 Å². The number of benzene rings is 2. The van der Waals surface area contributed by atoms with Crippen molar-refractivity contribution in [1.29, 1.82) is 0 Å². The number of nitrogens with one attached hydrogen (secondary N) is 2. The van der Waals surface area contributed by atoms with E-state index in [2.05, 4.69) is 50.5 Å². The molecule has 6 rings (SSSR count). The van der Waals surface area contributed by atoms with Crippen molar-refractivity contribution in [2.45, 2.75) is 102 Å². The maximum Gasteiger partial charge on any atom is 0.265 e. The van der Waals surface area contributed by atoms with Crippen molar-refractivity contribution >= 4 is 50.5 Å². The van der Waals surface area contributed by atoms with E-state index in [-0.39, 0.29) is 38.8 Å². The van der Waals surface area contributed by atoms with Crippen LogP contribution in [0.25, 0.3) is 22.2 Å². The number of para-hydroxylation sites is 1. The molecule has 3 aromatic rings. The van der Waals surface area contributed by atoms with E-state index in [1.165, 1.54) is 11.0 Å². The minimum Gasteiger partial charge on any atom is -0.366 e. The minimum atomic E-state index is -3.82. The summed E-state index contributed by atoms with van der Waals surface area (Å²) in [5.41, 5.74) is 8.47.